The summed E-state index contributed by atoms with van der Waals surface area (Å²) in [4.78, 5) is 11.4. The fourth-order valence-electron chi connectivity index (χ4n) is 2.75. The number of hydrogen-bond acceptors (Lipinski definition) is 2. The lowest BCUT2D eigenvalue weighted by molar-refractivity contribution is -0.123. The van der Waals surface area contributed by atoms with Crippen LogP contribution in [0, 0.1) is 0 Å². The fourth-order valence-corrected chi connectivity index (χ4v) is 2.75. The van der Waals surface area contributed by atoms with Gasteiger partial charge in [0.1, 0.15) is 6.17 Å². The predicted octanol–water partition coefficient (Wildman–Crippen LogP) is 2.51. The largest absolute Gasteiger partial charge is 0.387 e. The zero-order valence-corrected chi connectivity index (χ0v) is 11.1. The molecule has 1 fully saturated rings. The second-order valence-electron chi connectivity index (χ2n) is 5.32. The van der Waals surface area contributed by atoms with E-state index in [1.807, 2.05) is 30.3 Å². The molecule has 1 aliphatic carbocycles. The summed E-state index contributed by atoms with van der Waals surface area (Å²) in [6, 6.07) is 8.90. The summed E-state index contributed by atoms with van der Waals surface area (Å²) in [5, 5.41) is 13.6. The van der Waals surface area contributed by atoms with Gasteiger partial charge >= 0.3 is 0 Å². The topological polar surface area (TPSA) is 49.3 Å². The van der Waals surface area contributed by atoms with Gasteiger partial charge in [-0.3, -0.25) is 4.79 Å². The number of carbonyl (C=O) groups excluding carboxylic acids is 1. The lowest BCUT2D eigenvalue weighted by Crippen LogP contribution is -2.48. The third-order valence-electron chi connectivity index (χ3n) is 3.80. The van der Waals surface area contributed by atoms with Gasteiger partial charge in [-0.2, -0.15) is 0 Å². The van der Waals surface area contributed by atoms with Gasteiger partial charge in [0.05, 0.1) is 11.6 Å². The average molecular weight is 265 g/mol. The maximum Gasteiger partial charge on any atom is 0.217 e. The molecule has 0 aliphatic heterocycles. The highest BCUT2D eigenvalue weighted by Crippen LogP contribution is 2.39. The molecule has 0 bridgehead atoms. The van der Waals surface area contributed by atoms with Crippen molar-refractivity contribution in [3.8, 4) is 0 Å². The van der Waals surface area contributed by atoms with Crippen LogP contribution in [-0.2, 0) is 4.79 Å². The quantitative estimate of drug-likeness (QED) is 0.882. The van der Waals surface area contributed by atoms with E-state index in [0.29, 0.717) is 25.7 Å². The smallest absolute Gasteiger partial charge is 0.217 e. The zero-order chi connectivity index (χ0) is 13.9. The van der Waals surface area contributed by atoms with Gasteiger partial charge in [0, 0.05) is 6.92 Å². The lowest BCUT2D eigenvalue weighted by Gasteiger charge is -2.40. The highest BCUT2D eigenvalue weighted by Gasteiger charge is 2.41. The summed E-state index contributed by atoms with van der Waals surface area (Å²) in [6.45, 7) is 1.43. The molecule has 0 radical (unpaired) electrons. The maximum atomic E-state index is 13.3. The molecule has 0 spiro atoms. The van der Waals surface area contributed by atoms with Crippen molar-refractivity contribution >= 4 is 5.91 Å². The van der Waals surface area contributed by atoms with Gasteiger partial charge in [-0.1, -0.05) is 30.3 Å². The van der Waals surface area contributed by atoms with E-state index in [-0.39, 0.29) is 5.91 Å². The predicted molar refractivity (Wildman–Crippen MR) is 71.3 cm³/mol. The van der Waals surface area contributed by atoms with Crippen LogP contribution in [0.3, 0.4) is 0 Å². The van der Waals surface area contributed by atoms with Crippen LogP contribution in [0.1, 0.15) is 44.2 Å². The van der Waals surface area contributed by atoms with Crippen molar-refractivity contribution in [1.29, 1.82) is 0 Å². The van der Waals surface area contributed by atoms with E-state index >= 15 is 0 Å². The Morgan fingerprint density at radius 2 is 1.95 bits per heavy atom. The van der Waals surface area contributed by atoms with Gasteiger partial charge in [-0.15, -0.1) is 0 Å². The van der Waals surface area contributed by atoms with Crippen molar-refractivity contribution in [3.05, 3.63) is 35.9 Å². The molecule has 0 aromatic heterocycles. The minimum Gasteiger partial charge on any atom is -0.387 e. The van der Waals surface area contributed by atoms with E-state index in [4.69, 9.17) is 0 Å². The number of aliphatic hydroxyl groups is 1. The van der Waals surface area contributed by atoms with Gasteiger partial charge in [0.2, 0.25) is 5.91 Å². The standard InChI is InChI=1S/C15H20FNO2/c1-11(18)17-14(12-5-3-2-4-6-12)15(19)9-7-13(16)8-10-15/h2-6,13-14,19H,7-10H2,1H3,(H,17,18)/t13?,14-,15?/m0/s1. The Hall–Kier alpha value is -1.42. The molecule has 0 unspecified atom stereocenters. The number of hydrogen-bond donors (Lipinski definition) is 2. The van der Waals surface area contributed by atoms with Gasteiger partial charge < -0.3 is 10.4 Å². The molecular weight excluding hydrogens is 245 g/mol. The first-order valence-corrected chi connectivity index (χ1v) is 6.70. The number of carbonyl (C=O) groups is 1. The second kappa shape index (κ2) is 5.70. The molecule has 0 heterocycles. The van der Waals surface area contributed by atoms with Crippen molar-refractivity contribution in [2.75, 3.05) is 0 Å². The third kappa shape index (κ3) is 3.32. The van der Waals surface area contributed by atoms with E-state index in [9.17, 15) is 14.3 Å². The molecule has 104 valence electrons. The Morgan fingerprint density at radius 1 is 1.37 bits per heavy atom. The summed E-state index contributed by atoms with van der Waals surface area (Å²) in [7, 11) is 0. The van der Waals surface area contributed by atoms with Crippen molar-refractivity contribution in [1.82, 2.24) is 5.32 Å². The van der Waals surface area contributed by atoms with Gasteiger partial charge in [-0.05, 0) is 31.2 Å². The molecule has 1 aromatic rings. The van der Waals surface area contributed by atoms with E-state index in [1.165, 1.54) is 6.92 Å². The monoisotopic (exact) mass is 265 g/mol. The number of rotatable bonds is 3. The molecule has 1 aliphatic rings. The van der Waals surface area contributed by atoms with E-state index in [0.717, 1.165) is 5.56 Å². The Bertz CT molecular complexity index is 427. The van der Waals surface area contributed by atoms with E-state index in [2.05, 4.69) is 5.32 Å². The molecule has 1 aromatic carbocycles. The SMILES string of the molecule is CC(=O)N[C@@H](c1ccccc1)C1(O)CCC(F)CC1. The van der Waals surface area contributed by atoms with E-state index < -0.39 is 17.8 Å². The molecule has 1 saturated carbocycles. The summed E-state index contributed by atoms with van der Waals surface area (Å²) in [5.41, 5.74) is -0.201. The highest BCUT2D eigenvalue weighted by atomic mass is 19.1. The number of halogens is 1. The van der Waals surface area contributed by atoms with E-state index in [1.54, 1.807) is 0 Å². The minimum atomic E-state index is -1.06. The van der Waals surface area contributed by atoms with Crippen LogP contribution in [0.4, 0.5) is 4.39 Å². The molecule has 19 heavy (non-hydrogen) atoms. The number of alkyl halides is 1. The molecule has 2 rings (SSSR count). The molecular formula is C15H20FNO2. The first-order chi connectivity index (χ1) is 9.01. The van der Waals surface area contributed by atoms with Gasteiger partial charge in [-0.25, -0.2) is 4.39 Å². The zero-order valence-electron chi connectivity index (χ0n) is 11.1. The van der Waals surface area contributed by atoms with Crippen LogP contribution in [-0.4, -0.2) is 22.8 Å². The summed E-state index contributed by atoms with van der Waals surface area (Å²) in [5.74, 6) is -0.190. The van der Waals surface area contributed by atoms with Crippen molar-refractivity contribution < 1.29 is 14.3 Å². The van der Waals surface area contributed by atoms with Crippen LogP contribution < -0.4 is 5.32 Å². The van der Waals surface area contributed by atoms with Crippen LogP contribution >= 0.6 is 0 Å². The van der Waals surface area contributed by atoms with Crippen LogP contribution in [0.15, 0.2) is 30.3 Å². The Balaban J connectivity index is 2.25. The van der Waals surface area contributed by atoms with Crippen LogP contribution in [0.2, 0.25) is 0 Å². The summed E-state index contributed by atoms with van der Waals surface area (Å²) >= 11 is 0. The summed E-state index contributed by atoms with van der Waals surface area (Å²) < 4.78 is 13.3. The van der Waals surface area contributed by atoms with Crippen molar-refractivity contribution in [3.63, 3.8) is 0 Å². The Kier molecular flexibility index (Phi) is 4.20. The van der Waals surface area contributed by atoms with Gasteiger partial charge in [0.15, 0.2) is 0 Å². The summed E-state index contributed by atoms with van der Waals surface area (Å²) in [6.07, 6.45) is 0.593. The lowest BCUT2D eigenvalue weighted by atomic mass is 9.76. The number of benzene rings is 1. The number of amides is 1. The molecule has 3 nitrogen and oxygen atoms in total. The van der Waals surface area contributed by atoms with Gasteiger partial charge in [0.25, 0.3) is 0 Å². The molecule has 1 amide bonds. The maximum absolute atomic E-state index is 13.3. The first kappa shape index (κ1) is 14.0. The number of nitrogens with one attached hydrogen (secondary N) is 1. The Morgan fingerprint density at radius 3 is 2.47 bits per heavy atom. The molecule has 4 heteroatoms. The first-order valence-electron chi connectivity index (χ1n) is 6.70. The fraction of sp³-hybridized carbons (Fsp3) is 0.533. The highest BCUT2D eigenvalue weighted by molar-refractivity contribution is 5.73. The Labute approximate surface area is 112 Å². The minimum absolute atomic E-state index is 0.190. The third-order valence-corrected chi connectivity index (χ3v) is 3.80. The van der Waals surface area contributed by atoms with Crippen LogP contribution in [0.25, 0.3) is 0 Å². The van der Waals surface area contributed by atoms with Crippen molar-refractivity contribution in [2.24, 2.45) is 0 Å². The molecule has 2 N–H and O–H groups in total. The average Bonchev–Trinajstić information content (AvgIpc) is 2.40. The second-order valence-corrected chi connectivity index (χ2v) is 5.32. The molecule has 1 atom stereocenters. The molecule has 0 saturated heterocycles. The van der Waals surface area contributed by atoms with Crippen molar-refractivity contribution in [2.45, 2.75) is 50.4 Å². The normalized spacial score (nSPS) is 28.7. The van der Waals surface area contributed by atoms with Crippen LogP contribution in [0.5, 0.6) is 0 Å².